The minimum atomic E-state index is -0.147. The molecule has 146 valence electrons. The number of allylic oxidation sites excluding steroid dienone is 1. The van der Waals surface area contributed by atoms with Crippen molar-refractivity contribution in [3.63, 3.8) is 0 Å². The Kier molecular flexibility index (Phi) is 5.79. The van der Waals surface area contributed by atoms with Gasteiger partial charge in [-0.2, -0.15) is 0 Å². The highest BCUT2D eigenvalue weighted by Gasteiger charge is 2.26. The zero-order valence-electron chi connectivity index (χ0n) is 18.3. The van der Waals surface area contributed by atoms with Gasteiger partial charge in [-0.3, -0.25) is 0 Å². The highest BCUT2D eigenvalue weighted by atomic mass is 16.5. The smallest absolute Gasteiger partial charge is 0.138 e. The molecule has 0 aliphatic heterocycles. The first-order valence-electron chi connectivity index (χ1n) is 9.63. The number of ether oxygens (including phenoxy) is 1. The Hall–Kier alpha value is -2.22. The summed E-state index contributed by atoms with van der Waals surface area (Å²) < 4.78 is 6.08. The monoisotopic (exact) mass is 366 g/mol. The molecule has 0 aliphatic carbocycles. The average Bonchev–Trinajstić information content (AvgIpc) is 2.53. The zero-order valence-corrected chi connectivity index (χ0v) is 18.3. The van der Waals surface area contributed by atoms with E-state index in [4.69, 9.17) is 4.74 Å². The van der Waals surface area contributed by atoms with Crippen LogP contribution in [0, 0.1) is 13.8 Å². The summed E-state index contributed by atoms with van der Waals surface area (Å²) in [6.07, 6.45) is 3.59. The van der Waals surface area contributed by atoms with Gasteiger partial charge >= 0.3 is 0 Å². The molecule has 0 heterocycles. The van der Waals surface area contributed by atoms with Crippen LogP contribution < -0.4 is 4.74 Å². The molecular formula is C25H34O2. The Morgan fingerprint density at radius 1 is 0.778 bits per heavy atom. The maximum Gasteiger partial charge on any atom is 0.138 e. The predicted molar refractivity (Wildman–Crippen MR) is 116 cm³/mol. The van der Waals surface area contributed by atoms with E-state index in [1.807, 2.05) is 19.1 Å². The molecule has 27 heavy (non-hydrogen) atoms. The van der Waals surface area contributed by atoms with E-state index in [0.717, 1.165) is 39.1 Å². The Balaban J connectivity index is 2.90. The molecule has 0 unspecified atom stereocenters. The van der Waals surface area contributed by atoms with Gasteiger partial charge in [-0.1, -0.05) is 59.8 Å². The van der Waals surface area contributed by atoms with Crippen molar-refractivity contribution in [1.82, 2.24) is 0 Å². The molecule has 1 N–H and O–H groups in total. The van der Waals surface area contributed by atoms with Gasteiger partial charge in [0.05, 0.1) is 6.26 Å². The molecule has 2 rings (SSSR count). The van der Waals surface area contributed by atoms with Crippen LogP contribution in [0.5, 0.6) is 11.5 Å². The third-order valence-electron chi connectivity index (χ3n) is 4.72. The normalized spacial score (nSPS) is 12.6. The number of aromatic hydroxyl groups is 1. The minimum absolute atomic E-state index is 0.0794. The largest absolute Gasteiger partial charge is 0.507 e. The van der Waals surface area contributed by atoms with Crippen LogP contribution in [0.3, 0.4) is 0 Å². The van der Waals surface area contributed by atoms with Crippen molar-refractivity contribution < 1.29 is 9.84 Å². The molecule has 0 radical (unpaired) electrons. The Morgan fingerprint density at radius 2 is 1.26 bits per heavy atom. The summed E-state index contributed by atoms with van der Waals surface area (Å²) >= 11 is 0. The van der Waals surface area contributed by atoms with Crippen LogP contribution in [-0.2, 0) is 10.8 Å². The SMILES string of the molecule is CC=COc1c(-c2cc(C)cc(C(C)(C)C)c2O)cc(C)cc1C(C)(C)C. The molecule has 2 aromatic carbocycles. The van der Waals surface area contributed by atoms with Gasteiger partial charge in [0.25, 0.3) is 0 Å². The lowest BCUT2D eigenvalue weighted by Gasteiger charge is -2.27. The second kappa shape index (κ2) is 7.42. The fourth-order valence-corrected chi connectivity index (χ4v) is 3.35. The van der Waals surface area contributed by atoms with Crippen molar-refractivity contribution in [3.8, 4) is 22.6 Å². The Bertz CT molecular complexity index is 859. The number of phenols is 1. The molecule has 0 atom stereocenters. The van der Waals surface area contributed by atoms with Crippen LogP contribution >= 0.6 is 0 Å². The fourth-order valence-electron chi connectivity index (χ4n) is 3.35. The third-order valence-corrected chi connectivity index (χ3v) is 4.72. The molecular weight excluding hydrogens is 332 g/mol. The third kappa shape index (κ3) is 4.55. The van der Waals surface area contributed by atoms with E-state index in [1.165, 1.54) is 0 Å². The second-order valence-electron chi connectivity index (χ2n) is 9.49. The summed E-state index contributed by atoms with van der Waals surface area (Å²) in [4.78, 5) is 0. The summed E-state index contributed by atoms with van der Waals surface area (Å²) in [6, 6.07) is 8.41. The van der Waals surface area contributed by atoms with E-state index in [-0.39, 0.29) is 10.8 Å². The Morgan fingerprint density at radius 3 is 1.74 bits per heavy atom. The van der Waals surface area contributed by atoms with Crippen molar-refractivity contribution in [2.45, 2.75) is 73.1 Å². The van der Waals surface area contributed by atoms with Gasteiger partial charge < -0.3 is 9.84 Å². The van der Waals surface area contributed by atoms with E-state index in [0.29, 0.717) is 5.75 Å². The maximum absolute atomic E-state index is 11.2. The summed E-state index contributed by atoms with van der Waals surface area (Å²) in [5.74, 6) is 1.15. The highest BCUT2D eigenvalue weighted by molar-refractivity contribution is 5.80. The van der Waals surface area contributed by atoms with Gasteiger partial charge in [0.1, 0.15) is 11.5 Å². The van der Waals surface area contributed by atoms with E-state index in [9.17, 15) is 5.11 Å². The average molecular weight is 367 g/mol. The topological polar surface area (TPSA) is 29.5 Å². The van der Waals surface area contributed by atoms with E-state index >= 15 is 0 Å². The standard InChI is InChI=1S/C25H34O2/c1-10-11-27-23-19(13-17(3)15-21(23)25(7,8)9)18-12-16(2)14-20(22(18)26)24(4,5)6/h10-15,26H,1-9H3. The van der Waals surface area contributed by atoms with Gasteiger partial charge in [0.2, 0.25) is 0 Å². The number of hydrogen-bond acceptors (Lipinski definition) is 2. The van der Waals surface area contributed by atoms with Gasteiger partial charge in [-0.15, -0.1) is 0 Å². The van der Waals surface area contributed by atoms with Gasteiger partial charge in [-0.25, -0.2) is 0 Å². The number of hydrogen-bond donors (Lipinski definition) is 1. The van der Waals surface area contributed by atoms with E-state index in [1.54, 1.807) is 6.26 Å². The lowest BCUT2D eigenvalue weighted by molar-refractivity contribution is 0.443. The number of phenolic OH excluding ortho intramolecular Hbond substituents is 1. The minimum Gasteiger partial charge on any atom is -0.507 e. The quantitative estimate of drug-likeness (QED) is 0.583. The lowest BCUT2D eigenvalue weighted by Crippen LogP contribution is -2.14. The molecule has 0 aromatic heterocycles. The molecule has 2 aromatic rings. The first kappa shape index (κ1) is 21.1. The molecule has 0 spiro atoms. The van der Waals surface area contributed by atoms with Crippen molar-refractivity contribution in [3.05, 3.63) is 58.9 Å². The van der Waals surface area contributed by atoms with Gasteiger partial charge in [-0.05, 0) is 54.9 Å². The van der Waals surface area contributed by atoms with Crippen LogP contribution in [0.15, 0.2) is 36.6 Å². The van der Waals surface area contributed by atoms with Crippen molar-refractivity contribution in [1.29, 1.82) is 0 Å². The maximum atomic E-state index is 11.2. The molecule has 2 nitrogen and oxygen atoms in total. The second-order valence-corrected chi connectivity index (χ2v) is 9.49. The predicted octanol–water partition coefficient (Wildman–Crippen LogP) is 7.18. The van der Waals surface area contributed by atoms with Crippen molar-refractivity contribution in [2.24, 2.45) is 0 Å². The molecule has 0 fully saturated rings. The number of rotatable bonds is 3. The molecule has 0 saturated heterocycles. The van der Waals surface area contributed by atoms with Crippen LogP contribution in [0.1, 0.15) is 70.7 Å². The first-order chi connectivity index (χ1) is 12.4. The van der Waals surface area contributed by atoms with Crippen molar-refractivity contribution >= 4 is 0 Å². The van der Waals surface area contributed by atoms with Crippen molar-refractivity contribution in [2.75, 3.05) is 0 Å². The van der Waals surface area contributed by atoms with Gasteiger partial charge in [0, 0.05) is 22.3 Å². The first-order valence-corrected chi connectivity index (χ1v) is 9.63. The summed E-state index contributed by atoms with van der Waals surface area (Å²) in [5.41, 5.74) is 5.90. The lowest BCUT2D eigenvalue weighted by atomic mass is 9.80. The van der Waals surface area contributed by atoms with Gasteiger partial charge in [0.15, 0.2) is 0 Å². The summed E-state index contributed by atoms with van der Waals surface area (Å²) in [7, 11) is 0. The molecule has 0 amide bonds. The van der Waals surface area contributed by atoms with E-state index in [2.05, 4.69) is 73.6 Å². The zero-order chi connectivity index (χ0) is 20.6. The number of benzene rings is 2. The fraction of sp³-hybridized carbons (Fsp3) is 0.440. The summed E-state index contributed by atoms with van der Waals surface area (Å²) in [5, 5.41) is 11.2. The van der Waals surface area contributed by atoms with E-state index < -0.39 is 0 Å². The van der Waals surface area contributed by atoms with Crippen LogP contribution in [-0.4, -0.2) is 5.11 Å². The number of aryl methyl sites for hydroxylation is 2. The molecule has 0 bridgehead atoms. The van der Waals surface area contributed by atoms with Crippen LogP contribution in [0.25, 0.3) is 11.1 Å². The van der Waals surface area contributed by atoms with Crippen LogP contribution in [0.4, 0.5) is 0 Å². The molecule has 0 saturated carbocycles. The summed E-state index contributed by atoms with van der Waals surface area (Å²) in [6.45, 7) is 19.0. The Labute approximate surface area is 164 Å². The molecule has 2 heteroatoms. The molecule has 0 aliphatic rings. The van der Waals surface area contributed by atoms with Crippen LogP contribution in [0.2, 0.25) is 0 Å². The highest BCUT2D eigenvalue weighted by Crippen LogP contribution is 2.46.